The van der Waals surface area contributed by atoms with Gasteiger partial charge < -0.3 is 5.73 Å². The summed E-state index contributed by atoms with van der Waals surface area (Å²) in [5.41, 5.74) is 6.88. The van der Waals surface area contributed by atoms with Crippen LogP contribution >= 0.6 is 0 Å². The Hall–Kier alpha value is -1.22. The van der Waals surface area contributed by atoms with Crippen LogP contribution in [0.3, 0.4) is 0 Å². The van der Waals surface area contributed by atoms with Crippen LogP contribution in [0.25, 0.3) is 0 Å². The molecule has 0 aromatic heterocycles. The summed E-state index contributed by atoms with van der Waals surface area (Å²) in [5, 5.41) is 0. The van der Waals surface area contributed by atoms with Crippen molar-refractivity contribution in [2.45, 2.75) is 33.2 Å². The molecule has 0 fully saturated rings. The van der Waals surface area contributed by atoms with E-state index in [9.17, 15) is 9.18 Å². The number of benzene rings is 1. The number of rotatable bonds is 4. The van der Waals surface area contributed by atoms with E-state index >= 15 is 0 Å². The molecule has 1 aromatic rings. The standard InChI is InChI=1S/C13H18FNO/c1-8(2)4-12(15)13(16)10-5-9(3)6-11(14)7-10/h5-8,12H,4,15H2,1-3H3. The smallest absolute Gasteiger partial charge is 0.179 e. The predicted molar refractivity (Wildman–Crippen MR) is 62.9 cm³/mol. The maximum absolute atomic E-state index is 13.1. The summed E-state index contributed by atoms with van der Waals surface area (Å²) in [7, 11) is 0. The highest BCUT2D eigenvalue weighted by Crippen LogP contribution is 2.13. The molecule has 0 saturated heterocycles. The third kappa shape index (κ3) is 3.42. The van der Waals surface area contributed by atoms with E-state index in [4.69, 9.17) is 5.73 Å². The number of carbonyl (C=O) groups is 1. The van der Waals surface area contributed by atoms with E-state index in [1.807, 2.05) is 13.8 Å². The molecule has 88 valence electrons. The van der Waals surface area contributed by atoms with Crippen LogP contribution < -0.4 is 5.73 Å². The molecule has 0 saturated carbocycles. The van der Waals surface area contributed by atoms with Crippen molar-refractivity contribution in [1.82, 2.24) is 0 Å². The molecule has 1 unspecified atom stereocenters. The second-order valence-electron chi connectivity index (χ2n) is 4.62. The van der Waals surface area contributed by atoms with Crippen LogP contribution in [0.5, 0.6) is 0 Å². The van der Waals surface area contributed by atoms with Gasteiger partial charge in [-0.3, -0.25) is 4.79 Å². The number of aryl methyl sites for hydroxylation is 1. The van der Waals surface area contributed by atoms with Gasteiger partial charge >= 0.3 is 0 Å². The Morgan fingerprint density at radius 3 is 2.50 bits per heavy atom. The zero-order valence-electron chi connectivity index (χ0n) is 9.96. The van der Waals surface area contributed by atoms with E-state index in [0.29, 0.717) is 17.9 Å². The van der Waals surface area contributed by atoms with Crippen molar-refractivity contribution in [3.8, 4) is 0 Å². The summed E-state index contributed by atoms with van der Waals surface area (Å²) in [6.07, 6.45) is 0.619. The predicted octanol–water partition coefficient (Wildman–Crippen LogP) is 2.69. The first-order chi connectivity index (χ1) is 7.40. The van der Waals surface area contributed by atoms with Crippen LogP contribution in [0.2, 0.25) is 0 Å². The van der Waals surface area contributed by atoms with E-state index in [1.54, 1.807) is 13.0 Å². The van der Waals surface area contributed by atoms with E-state index < -0.39 is 6.04 Å². The average molecular weight is 223 g/mol. The Balaban J connectivity index is 2.87. The molecule has 0 aliphatic carbocycles. The average Bonchev–Trinajstić information content (AvgIpc) is 2.13. The summed E-state index contributed by atoms with van der Waals surface area (Å²) in [6.45, 7) is 5.77. The molecule has 2 nitrogen and oxygen atoms in total. The minimum Gasteiger partial charge on any atom is -0.321 e. The fourth-order valence-corrected chi connectivity index (χ4v) is 1.71. The maximum atomic E-state index is 13.1. The summed E-state index contributed by atoms with van der Waals surface area (Å²) >= 11 is 0. The molecule has 0 amide bonds. The van der Waals surface area contributed by atoms with E-state index in [1.165, 1.54) is 12.1 Å². The lowest BCUT2D eigenvalue weighted by molar-refractivity contribution is 0.0950. The van der Waals surface area contributed by atoms with Gasteiger partial charge in [-0.25, -0.2) is 4.39 Å². The van der Waals surface area contributed by atoms with Gasteiger partial charge in [0.15, 0.2) is 5.78 Å². The normalized spacial score (nSPS) is 12.9. The molecule has 0 spiro atoms. The van der Waals surface area contributed by atoms with Crippen LogP contribution in [-0.2, 0) is 0 Å². The van der Waals surface area contributed by atoms with Crippen molar-refractivity contribution >= 4 is 5.78 Å². The molecule has 16 heavy (non-hydrogen) atoms. The summed E-state index contributed by atoms with van der Waals surface area (Å²) in [5.74, 6) is -0.218. The van der Waals surface area contributed by atoms with Crippen LogP contribution in [0.15, 0.2) is 18.2 Å². The Morgan fingerprint density at radius 1 is 1.38 bits per heavy atom. The summed E-state index contributed by atoms with van der Waals surface area (Å²) < 4.78 is 13.1. The van der Waals surface area contributed by atoms with Gasteiger partial charge in [0.05, 0.1) is 6.04 Å². The third-order valence-electron chi connectivity index (χ3n) is 2.39. The Bertz CT molecular complexity index is 367. The monoisotopic (exact) mass is 223 g/mol. The fraction of sp³-hybridized carbons (Fsp3) is 0.462. The lowest BCUT2D eigenvalue weighted by Gasteiger charge is -2.13. The van der Waals surface area contributed by atoms with Crippen LogP contribution in [0, 0.1) is 18.7 Å². The Kier molecular flexibility index (Phi) is 4.19. The second kappa shape index (κ2) is 5.21. The maximum Gasteiger partial charge on any atom is 0.179 e. The molecular weight excluding hydrogens is 205 g/mol. The van der Waals surface area contributed by atoms with Gasteiger partial charge in [0.25, 0.3) is 0 Å². The first kappa shape index (κ1) is 12.8. The van der Waals surface area contributed by atoms with Gasteiger partial charge in [-0.05, 0) is 43.0 Å². The number of hydrogen-bond donors (Lipinski definition) is 1. The molecule has 2 N–H and O–H groups in total. The lowest BCUT2D eigenvalue weighted by Crippen LogP contribution is -2.32. The molecule has 1 aromatic carbocycles. The van der Waals surface area contributed by atoms with Gasteiger partial charge in [0.1, 0.15) is 5.82 Å². The SMILES string of the molecule is Cc1cc(F)cc(C(=O)C(N)CC(C)C)c1. The Labute approximate surface area is 95.7 Å². The molecule has 0 aliphatic rings. The highest BCUT2D eigenvalue weighted by molar-refractivity contribution is 6.00. The van der Waals surface area contributed by atoms with Crippen LogP contribution in [-0.4, -0.2) is 11.8 Å². The number of Topliss-reactive ketones (excluding diaryl/α,β-unsaturated/α-hetero) is 1. The Morgan fingerprint density at radius 2 is 2.00 bits per heavy atom. The molecule has 1 atom stereocenters. The molecule has 0 bridgehead atoms. The molecule has 0 aliphatic heterocycles. The zero-order chi connectivity index (χ0) is 12.3. The number of nitrogens with two attached hydrogens (primary N) is 1. The highest BCUT2D eigenvalue weighted by atomic mass is 19.1. The van der Waals surface area contributed by atoms with Crippen molar-refractivity contribution in [2.24, 2.45) is 11.7 Å². The largest absolute Gasteiger partial charge is 0.321 e. The first-order valence-corrected chi connectivity index (χ1v) is 5.47. The van der Waals surface area contributed by atoms with Crippen LogP contribution in [0.1, 0.15) is 36.2 Å². The van der Waals surface area contributed by atoms with Crippen molar-refractivity contribution in [3.63, 3.8) is 0 Å². The third-order valence-corrected chi connectivity index (χ3v) is 2.39. The minimum atomic E-state index is -0.541. The quantitative estimate of drug-likeness (QED) is 0.797. The van der Waals surface area contributed by atoms with Gasteiger partial charge in [-0.2, -0.15) is 0 Å². The van der Waals surface area contributed by atoms with Crippen molar-refractivity contribution < 1.29 is 9.18 Å². The topological polar surface area (TPSA) is 43.1 Å². The second-order valence-corrected chi connectivity index (χ2v) is 4.62. The fourth-order valence-electron chi connectivity index (χ4n) is 1.71. The van der Waals surface area contributed by atoms with E-state index in [-0.39, 0.29) is 11.6 Å². The number of ketones is 1. The highest BCUT2D eigenvalue weighted by Gasteiger charge is 2.17. The van der Waals surface area contributed by atoms with Gasteiger partial charge in [-0.15, -0.1) is 0 Å². The molecule has 0 radical (unpaired) electrons. The van der Waals surface area contributed by atoms with Crippen LogP contribution in [0.4, 0.5) is 4.39 Å². The summed E-state index contributed by atoms with van der Waals surface area (Å²) in [4.78, 5) is 11.9. The molecule has 0 heterocycles. The lowest BCUT2D eigenvalue weighted by atomic mass is 9.96. The first-order valence-electron chi connectivity index (χ1n) is 5.47. The molecule has 3 heteroatoms. The van der Waals surface area contributed by atoms with Gasteiger partial charge in [-0.1, -0.05) is 13.8 Å². The number of carbonyl (C=O) groups excluding carboxylic acids is 1. The van der Waals surface area contributed by atoms with Crippen molar-refractivity contribution in [3.05, 3.63) is 35.1 Å². The van der Waals surface area contributed by atoms with E-state index in [2.05, 4.69) is 0 Å². The zero-order valence-corrected chi connectivity index (χ0v) is 9.96. The molecular formula is C13H18FNO. The number of hydrogen-bond acceptors (Lipinski definition) is 2. The van der Waals surface area contributed by atoms with Crippen molar-refractivity contribution in [1.29, 1.82) is 0 Å². The van der Waals surface area contributed by atoms with Gasteiger partial charge in [0.2, 0.25) is 0 Å². The van der Waals surface area contributed by atoms with Gasteiger partial charge in [0, 0.05) is 5.56 Å². The minimum absolute atomic E-state index is 0.184. The molecule has 1 rings (SSSR count). The number of halogens is 1. The van der Waals surface area contributed by atoms with Crippen molar-refractivity contribution in [2.75, 3.05) is 0 Å². The summed E-state index contributed by atoms with van der Waals surface area (Å²) in [6, 6.07) is 3.77. The van der Waals surface area contributed by atoms with E-state index in [0.717, 1.165) is 5.56 Å².